The Labute approximate surface area is 209 Å². The topological polar surface area (TPSA) is 40.1 Å². The van der Waals surface area contributed by atoms with Crippen molar-refractivity contribution in [1.82, 2.24) is 0 Å². The number of allylic oxidation sites excluding steroid dienone is 2. The highest BCUT2D eigenvalue weighted by molar-refractivity contribution is 7.37. The van der Waals surface area contributed by atoms with Gasteiger partial charge in [0.25, 0.3) is 5.78 Å². The molecule has 0 rings (SSSR count). The Morgan fingerprint density at radius 3 is 1.39 bits per heavy atom. The van der Waals surface area contributed by atoms with Gasteiger partial charge in [-0.05, 0) is 18.8 Å². The van der Waals surface area contributed by atoms with Gasteiger partial charge in [0.15, 0.2) is 0 Å². The molecule has 0 aromatic heterocycles. The molecule has 196 valence electrons. The third-order valence-electron chi connectivity index (χ3n) is 6.91. The summed E-state index contributed by atoms with van der Waals surface area (Å²) < 4.78 is 12.0. The molecule has 0 heterocycles. The first-order chi connectivity index (χ1) is 15.8. The van der Waals surface area contributed by atoms with Gasteiger partial charge in [0, 0.05) is 0 Å². The standard InChI is InChI=1S/C29H59NO2P/c1-6-7-8-9-10-11-12-13-14-15-16-17-18-19-20-21-22-23-24-25-26-28(2)27-29(33(31)32)30(3,4)5/h25-26,28-29H,6-24,27H2,1-5H3/q+1. The highest BCUT2D eigenvalue weighted by Gasteiger charge is 2.36. The molecule has 0 aliphatic carbocycles. The summed E-state index contributed by atoms with van der Waals surface area (Å²) in [4.78, 5) is 11.5. The zero-order chi connectivity index (χ0) is 24.8. The van der Waals surface area contributed by atoms with Crippen molar-refractivity contribution in [3.8, 4) is 0 Å². The van der Waals surface area contributed by atoms with Crippen molar-refractivity contribution in [2.45, 2.75) is 148 Å². The second kappa shape index (κ2) is 22.2. The third kappa shape index (κ3) is 22.0. The van der Waals surface area contributed by atoms with Crippen LogP contribution in [0, 0.1) is 5.92 Å². The normalized spacial score (nSPS) is 14.7. The summed E-state index contributed by atoms with van der Waals surface area (Å²) in [7, 11) is 3.50. The van der Waals surface area contributed by atoms with Crippen LogP contribution in [0.5, 0.6) is 0 Å². The minimum atomic E-state index is -2.39. The van der Waals surface area contributed by atoms with Crippen LogP contribution in [0.15, 0.2) is 12.2 Å². The second-order valence-electron chi connectivity index (χ2n) is 11.3. The van der Waals surface area contributed by atoms with Gasteiger partial charge < -0.3 is 4.89 Å². The van der Waals surface area contributed by atoms with E-state index in [0.717, 1.165) is 6.42 Å². The van der Waals surface area contributed by atoms with Crippen molar-refractivity contribution < 1.29 is 13.9 Å². The van der Waals surface area contributed by atoms with Crippen LogP contribution in [-0.4, -0.2) is 31.4 Å². The fourth-order valence-corrected chi connectivity index (χ4v) is 5.66. The van der Waals surface area contributed by atoms with Crippen molar-refractivity contribution in [3.05, 3.63) is 12.2 Å². The molecule has 0 aromatic carbocycles. The van der Waals surface area contributed by atoms with E-state index < -0.39 is 8.03 Å². The van der Waals surface area contributed by atoms with Gasteiger partial charge in [-0.3, -0.25) is 4.48 Å². The van der Waals surface area contributed by atoms with E-state index in [0.29, 0.717) is 16.8 Å². The van der Waals surface area contributed by atoms with Gasteiger partial charge in [-0.2, -0.15) is 0 Å². The molecule has 0 fully saturated rings. The van der Waals surface area contributed by atoms with Crippen molar-refractivity contribution in [1.29, 1.82) is 0 Å². The lowest BCUT2D eigenvalue weighted by Gasteiger charge is -2.28. The van der Waals surface area contributed by atoms with Crippen LogP contribution in [0.4, 0.5) is 0 Å². The minimum absolute atomic E-state index is 0.301. The Balaban J connectivity index is 3.42. The van der Waals surface area contributed by atoms with Crippen LogP contribution < -0.4 is 4.89 Å². The quantitative estimate of drug-likeness (QED) is 0.0593. The van der Waals surface area contributed by atoms with E-state index in [2.05, 4.69) is 26.0 Å². The average Bonchev–Trinajstić information content (AvgIpc) is 2.75. The summed E-state index contributed by atoms with van der Waals surface area (Å²) in [6.07, 6.45) is 31.7. The molecular weight excluding hydrogens is 425 g/mol. The molecule has 33 heavy (non-hydrogen) atoms. The Morgan fingerprint density at radius 1 is 0.697 bits per heavy atom. The molecule has 3 unspecified atom stereocenters. The minimum Gasteiger partial charge on any atom is -0.591 e. The average molecular weight is 485 g/mol. The maximum atomic E-state index is 11.5. The molecule has 3 nitrogen and oxygen atoms in total. The van der Waals surface area contributed by atoms with E-state index in [1.807, 2.05) is 21.1 Å². The molecule has 0 bridgehead atoms. The molecule has 0 aromatic rings. The Hall–Kier alpha value is -0.240. The summed E-state index contributed by atoms with van der Waals surface area (Å²) in [6, 6.07) is 0. The lowest BCUT2D eigenvalue weighted by molar-refractivity contribution is -0.883. The smallest absolute Gasteiger partial charge is 0.373 e. The van der Waals surface area contributed by atoms with Gasteiger partial charge in [0.2, 0.25) is 0 Å². The van der Waals surface area contributed by atoms with Crippen LogP contribution in [0.2, 0.25) is 0 Å². The molecular formula is C29H59NO2P+. The molecule has 0 saturated carbocycles. The maximum absolute atomic E-state index is 11.5. The Morgan fingerprint density at radius 2 is 1.06 bits per heavy atom. The maximum Gasteiger partial charge on any atom is 0.373 e. The van der Waals surface area contributed by atoms with Crippen LogP contribution in [0.1, 0.15) is 142 Å². The number of rotatable bonds is 24. The molecule has 4 heteroatoms. The molecule has 0 saturated heterocycles. The van der Waals surface area contributed by atoms with Crippen molar-refractivity contribution >= 4 is 8.03 Å². The van der Waals surface area contributed by atoms with E-state index in [-0.39, 0.29) is 5.78 Å². The van der Waals surface area contributed by atoms with Crippen molar-refractivity contribution in [2.75, 3.05) is 21.1 Å². The Kier molecular flexibility index (Phi) is 22.1. The first-order valence-corrected chi connectivity index (χ1v) is 15.6. The van der Waals surface area contributed by atoms with Gasteiger partial charge in [0.1, 0.15) is 0 Å². The van der Waals surface area contributed by atoms with Gasteiger partial charge >= 0.3 is 8.03 Å². The summed E-state index contributed by atoms with van der Waals surface area (Å²) >= 11 is 0. The first-order valence-electron chi connectivity index (χ1n) is 14.4. The summed E-state index contributed by atoms with van der Waals surface area (Å²) in [5.41, 5.74) is 0. The molecule has 0 spiro atoms. The summed E-state index contributed by atoms with van der Waals surface area (Å²) in [5.74, 6) is 0.0144. The number of quaternary nitrogens is 1. The van der Waals surface area contributed by atoms with Crippen LogP contribution in [0.3, 0.4) is 0 Å². The lowest BCUT2D eigenvalue weighted by atomic mass is 10.0. The van der Waals surface area contributed by atoms with Crippen molar-refractivity contribution in [2.24, 2.45) is 5.92 Å². The molecule has 0 radical (unpaired) electrons. The molecule has 0 amide bonds. The van der Waals surface area contributed by atoms with E-state index in [1.54, 1.807) is 0 Å². The molecule has 0 aliphatic heterocycles. The second-order valence-corrected chi connectivity index (χ2v) is 12.5. The summed E-state index contributed by atoms with van der Waals surface area (Å²) in [5, 5.41) is 0. The predicted octanol–water partition coefficient (Wildman–Crippen LogP) is 9.14. The molecule has 0 aliphatic rings. The van der Waals surface area contributed by atoms with Crippen molar-refractivity contribution in [3.63, 3.8) is 0 Å². The zero-order valence-electron chi connectivity index (χ0n) is 23.2. The van der Waals surface area contributed by atoms with Gasteiger partial charge in [-0.15, -0.1) is 0 Å². The van der Waals surface area contributed by atoms with Gasteiger partial charge in [-0.1, -0.05) is 140 Å². The van der Waals surface area contributed by atoms with E-state index in [4.69, 9.17) is 0 Å². The largest absolute Gasteiger partial charge is 0.591 e. The monoisotopic (exact) mass is 484 g/mol. The highest BCUT2D eigenvalue weighted by Crippen LogP contribution is 2.30. The number of hydrogen-bond acceptors (Lipinski definition) is 2. The highest BCUT2D eigenvalue weighted by atomic mass is 31.1. The fourth-order valence-electron chi connectivity index (χ4n) is 4.59. The summed E-state index contributed by atoms with van der Waals surface area (Å²) in [6.45, 7) is 4.42. The Bertz CT molecular complexity index is 473. The number of nitrogens with zero attached hydrogens (tertiary/aromatic N) is 1. The number of hydrogen-bond donors (Lipinski definition) is 0. The third-order valence-corrected chi connectivity index (χ3v) is 8.30. The fraction of sp³-hybridized carbons (Fsp3) is 0.931. The molecule has 3 atom stereocenters. The lowest BCUT2D eigenvalue weighted by Crippen LogP contribution is -2.44. The van der Waals surface area contributed by atoms with Crippen LogP contribution in [-0.2, 0) is 4.57 Å². The van der Waals surface area contributed by atoms with E-state index in [9.17, 15) is 9.46 Å². The van der Waals surface area contributed by atoms with Crippen LogP contribution >= 0.6 is 8.03 Å². The van der Waals surface area contributed by atoms with E-state index in [1.165, 1.54) is 116 Å². The first kappa shape index (κ1) is 32.8. The molecule has 0 N–H and O–H groups in total. The SMILES string of the molecule is CCCCCCCCCCCCCCCCCCCCC=CC(C)CC([P+](=O)[O-])[N+](C)(C)C. The van der Waals surface area contributed by atoms with Gasteiger partial charge in [0.05, 0.1) is 27.6 Å². The zero-order valence-corrected chi connectivity index (χ0v) is 24.1. The van der Waals surface area contributed by atoms with Gasteiger partial charge in [-0.25, -0.2) is 0 Å². The number of unbranched alkanes of at least 4 members (excludes halogenated alkanes) is 18. The van der Waals surface area contributed by atoms with Crippen LogP contribution in [0.25, 0.3) is 0 Å². The van der Waals surface area contributed by atoms with E-state index >= 15 is 0 Å². The predicted molar refractivity (Wildman–Crippen MR) is 146 cm³/mol.